The van der Waals surface area contributed by atoms with Crippen LogP contribution in [0.1, 0.15) is 18.9 Å². The van der Waals surface area contributed by atoms with Crippen LogP contribution >= 0.6 is 0 Å². The minimum atomic E-state index is 1.14. The topological polar surface area (TPSA) is 0 Å². The highest BCUT2D eigenvalue weighted by Crippen LogP contribution is 2.34. The van der Waals surface area contributed by atoms with Crippen LogP contribution < -0.4 is 0 Å². The average molecular weight is 270 g/mol. The molecule has 0 saturated heterocycles. The van der Waals surface area contributed by atoms with Crippen LogP contribution in [0.15, 0.2) is 66.7 Å². The molecular formula is C21H18. The van der Waals surface area contributed by atoms with Gasteiger partial charge in [0.15, 0.2) is 0 Å². The molecule has 4 aromatic carbocycles. The quantitative estimate of drug-likeness (QED) is 0.386. The van der Waals surface area contributed by atoms with Crippen molar-refractivity contribution >= 4 is 32.3 Å². The Morgan fingerprint density at radius 3 is 2.14 bits per heavy atom. The molecule has 0 atom stereocenters. The van der Waals surface area contributed by atoms with Crippen LogP contribution in [0.2, 0.25) is 0 Å². The maximum Gasteiger partial charge on any atom is -0.00266 e. The van der Waals surface area contributed by atoms with Crippen LogP contribution in [0.25, 0.3) is 32.3 Å². The van der Waals surface area contributed by atoms with E-state index < -0.39 is 0 Å². The predicted octanol–water partition coefficient (Wildman–Crippen LogP) is 6.10. The van der Waals surface area contributed by atoms with Gasteiger partial charge in [0.25, 0.3) is 0 Å². The van der Waals surface area contributed by atoms with E-state index in [1.807, 2.05) is 0 Å². The fourth-order valence-electron chi connectivity index (χ4n) is 3.43. The Labute approximate surface area is 125 Å². The third kappa shape index (κ3) is 1.91. The third-order valence-corrected chi connectivity index (χ3v) is 4.35. The van der Waals surface area contributed by atoms with Crippen molar-refractivity contribution in [3.05, 3.63) is 72.3 Å². The normalized spacial score (nSPS) is 11.5. The summed E-state index contributed by atoms with van der Waals surface area (Å²) >= 11 is 0. The van der Waals surface area contributed by atoms with E-state index in [2.05, 4.69) is 73.7 Å². The molecule has 21 heavy (non-hydrogen) atoms. The molecule has 102 valence electrons. The maximum atomic E-state index is 2.38. The molecule has 0 spiro atoms. The van der Waals surface area contributed by atoms with Gasteiger partial charge in [-0.2, -0.15) is 0 Å². The molecule has 0 N–H and O–H groups in total. The van der Waals surface area contributed by atoms with E-state index in [0.717, 1.165) is 6.42 Å². The van der Waals surface area contributed by atoms with Gasteiger partial charge in [-0.05, 0) is 44.3 Å². The lowest BCUT2D eigenvalue weighted by atomic mass is 9.92. The van der Waals surface area contributed by atoms with Gasteiger partial charge in [-0.3, -0.25) is 0 Å². The number of hydrogen-bond donors (Lipinski definition) is 0. The van der Waals surface area contributed by atoms with Crippen LogP contribution in [-0.4, -0.2) is 0 Å². The molecule has 0 fully saturated rings. The smallest absolute Gasteiger partial charge is 0.00266 e. The van der Waals surface area contributed by atoms with Gasteiger partial charge in [0.05, 0.1) is 0 Å². The molecule has 4 rings (SSSR count). The van der Waals surface area contributed by atoms with Crippen LogP contribution in [0.5, 0.6) is 0 Å². The van der Waals surface area contributed by atoms with Crippen LogP contribution in [0.4, 0.5) is 0 Å². The first kappa shape index (κ1) is 12.4. The zero-order valence-electron chi connectivity index (χ0n) is 12.3. The molecule has 0 aromatic heterocycles. The molecule has 0 bridgehead atoms. The molecular weight excluding hydrogens is 252 g/mol. The second-order valence-electron chi connectivity index (χ2n) is 5.72. The highest BCUT2D eigenvalue weighted by Gasteiger charge is 2.08. The predicted molar refractivity (Wildman–Crippen MR) is 93.0 cm³/mol. The summed E-state index contributed by atoms with van der Waals surface area (Å²) in [5.41, 5.74) is 1.47. The van der Waals surface area contributed by atoms with E-state index >= 15 is 0 Å². The largest absolute Gasteiger partial charge is 0.0651 e. The second-order valence-corrected chi connectivity index (χ2v) is 5.72. The molecule has 0 aliphatic heterocycles. The van der Waals surface area contributed by atoms with Crippen molar-refractivity contribution in [2.75, 3.05) is 0 Å². The lowest BCUT2D eigenvalue weighted by Gasteiger charge is -2.12. The highest BCUT2D eigenvalue weighted by atomic mass is 14.1. The van der Waals surface area contributed by atoms with Crippen molar-refractivity contribution in [3.8, 4) is 0 Å². The summed E-state index contributed by atoms with van der Waals surface area (Å²) in [4.78, 5) is 0. The number of aryl methyl sites for hydroxylation is 1. The Morgan fingerprint density at radius 2 is 1.33 bits per heavy atom. The molecule has 0 unspecified atom stereocenters. The maximum absolute atomic E-state index is 2.38. The SMILES string of the molecule is CCCc1cc2ccc3ccccc3c2c2ccccc12. The minimum Gasteiger partial charge on any atom is -0.0651 e. The summed E-state index contributed by atoms with van der Waals surface area (Å²) < 4.78 is 0. The molecule has 0 saturated carbocycles. The van der Waals surface area contributed by atoms with Crippen LogP contribution in [-0.2, 0) is 6.42 Å². The molecule has 0 heterocycles. The van der Waals surface area contributed by atoms with Gasteiger partial charge in [-0.25, -0.2) is 0 Å². The van der Waals surface area contributed by atoms with Crippen molar-refractivity contribution in [2.24, 2.45) is 0 Å². The molecule has 0 nitrogen and oxygen atoms in total. The van der Waals surface area contributed by atoms with E-state index in [4.69, 9.17) is 0 Å². The summed E-state index contributed by atoms with van der Waals surface area (Å²) in [6, 6.07) is 24.4. The van der Waals surface area contributed by atoms with Gasteiger partial charge in [-0.15, -0.1) is 0 Å². The monoisotopic (exact) mass is 270 g/mol. The lowest BCUT2D eigenvalue weighted by Crippen LogP contribution is -1.89. The Bertz CT molecular complexity index is 948. The van der Waals surface area contributed by atoms with Crippen molar-refractivity contribution in [3.63, 3.8) is 0 Å². The van der Waals surface area contributed by atoms with Gasteiger partial charge in [-0.1, -0.05) is 80.1 Å². The van der Waals surface area contributed by atoms with Crippen molar-refractivity contribution in [1.29, 1.82) is 0 Å². The fourth-order valence-corrected chi connectivity index (χ4v) is 3.43. The first-order chi connectivity index (χ1) is 10.4. The first-order valence-electron chi connectivity index (χ1n) is 7.70. The van der Waals surface area contributed by atoms with E-state index in [1.165, 1.54) is 44.3 Å². The van der Waals surface area contributed by atoms with Crippen molar-refractivity contribution in [1.82, 2.24) is 0 Å². The average Bonchev–Trinajstić information content (AvgIpc) is 2.55. The summed E-state index contributed by atoms with van der Waals surface area (Å²) in [5, 5.41) is 8.21. The minimum absolute atomic E-state index is 1.14. The standard InChI is InChI=1S/C21H18/c1-2-7-16-14-17-13-12-15-8-3-4-10-19(15)21(17)20-11-6-5-9-18(16)20/h3-6,8-14H,2,7H2,1H3. The molecule has 0 heteroatoms. The fraction of sp³-hybridized carbons (Fsp3) is 0.143. The van der Waals surface area contributed by atoms with Crippen LogP contribution in [0.3, 0.4) is 0 Å². The summed E-state index contributed by atoms with van der Waals surface area (Å²) in [5.74, 6) is 0. The Hall–Kier alpha value is -2.34. The first-order valence-corrected chi connectivity index (χ1v) is 7.70. The third-order valence-electron chi connectivity index (χ3n) is 4.35. The molecule has 0 aliphatic rings. The number of fused-ring (bicyclic) bond motifs is 5. The zero-order valence-corrected chi connectivity index (χ0v) is 12.3. The lowest BCUT2D eigenvalue weighted by molar-refractivity contribution is 0.931. The van der Waals surface area contributed by atoms with Crippen LogP contribution in [0, 0.1) is 0 Å². The van der Waals surface area contributed by atoms with Gasteiger partial charge in [0.1, 0.15) is 0 Å². The Balaban J connectivity index is 2.25. The zero-order chi connectivity index (χ0) is 14.2. The van der Waals surface area contributed by atoms with Gasteiger partial charge in [0.2, 0.25) is 0 Å². The number of benzene rings is 4. The van der Waals surface area contributed by atoms with Gasteiger partial charge in [0, 0.05) is 0 Å². The summed E-state index contributed by atoms with van der Waals surface area (Å²) in [7, 11) is 0. The van der Waals surface area contributed by atoms with E-state index in [9.17, 15) is 0 Å². The van der Waals surface area contributed by atoms with Gasteiger partial charge < -0.3 is 0 Å². The molecule has 4 aromatic rings. The molecule has 0 amide bonds. The van der Waals surface area contributed by atoms with Crippen molar-refractivity contribution < 1.29 is 0 Å². The summed E-state index contributed by atoms with van der Waals surface area (Å²) in [6.45, 7) is 2.25. The molecule has 0 aliphatic carbocycles. The van der Waals surface area contributed by atoms with E-state index in [0.29, 0.717) is 0 Å². The Kier molecular flexibility index (Phi) is 2.89. The van der Waals surface area contributed by atoms with Crippen molar-refractivity contribution in [2.45, 2.75) is 19.8 Å². The second kappa shape index (κ2) is 4.89. The Morgan fingerprint density at radius 1 is 0.667 bits per heavy atom. The number of hydrogen-bond acceptors (Lipinski definition) is 0. The van der Waals surface area contributed by atoms with Gasteiger partial charge >= 0.3 is 0 Å². The van der Waals surface area contributed by atoms with E-state index in [-0.39, 0.29) is 0 Å². The van der Waals surface area contributed by atoms with E-state index in [1.54, 1.807) is 0 Å². The number of rotatable bonds is 2. The summed E-state index contributed by atoms with van der Waals surface area (Å²) in [6.07, 6.45) is 2.33. The molecule has 0 radical (unpaired) electrons. The highest BCUT2D eigenvalue weighted by molar-refractivity contribution is 6.20.